The van der Waals surface area contributed by atoms with Crippen molar-refractivity contribution in [3.8, 4) is 0 Å². The van der Waals surface area contributed by atoms with E-state index in [9.17, 15) is 9.59 Å². The fourth-order valence-electron chi connectivity index (χ4n) is 3.50. The second kappa shape index (κ2) is 9.44. The molecule has 0 amide bonds. The zero-order valence-corrected chi connectivity index (χ0v) is 18.5. The molecule has 0 saturated carbocycles. The second-order valence-corrected chi connectivity index (χ2v) is 8.43. The molecule has 0 atom stereocenters. The molecule has 5 nitrogen and oxygen atoms in total. The Hall–Kier alpha value is -2.34. The molecule has 0 bridgehead atoms. The number of benzene rings is 1. The van der Waals surface area contributed by atoms with Crippen LogP contribution in [-0.4, -0.2) is 25.7 Å². The van der Waals surface area contributed by atoms with Crippen molar-refractivity contribution in [3.63, 3.8) is 0 Å². The molecule has 3 aromatic rings. The number of hydrogen-bond acceptors (Lipinski definition) is 4. The topological polar surface area (TPSA) is 56.9 Å². The smallest absolute Gasteiger partial charge is 0.262 e. The lowest BCUT2D eigenvalue weighted by atomic mass is 10.2. The summed E-state index contributed by atoms with van der Waals surface area (Å²) in [6.45, 7) is 6.76. The van der Waals surface area contributed by atoms with Crippen LogP contribution in [0.3, 0.4) is 0 Å². The summed E-state index contributed by atoms with van der Waals surface area (Å²) >= 11 is 1.36. The zero-order chi connectivity index (χ0) is 21.0. The first kappa shape index (κ1) is 21.4. The van der Waals surface area contributed by atoms with Gasteiger partial charge in [0.1, 0.15) is 0 Å². The van der Waals surface area contributed by atoms with E-state index in [0.29, 0.717) is 22.6 Å². The van der Waals surface area contributed by atoms with Crippen molar-refractivity contribution in [1.29, 1.82) is 0 Å². The minimum atomic E-state index is -0.0196. The number of para-hydroxylation sites is 1. The third-order valence-electron chi connectivity index (χ3n) is 5.47. The van der Waals surface area contributed by atoms with Gasteiger partial charge < -0.3 is 4.57 Å². The molecule has 2 aromatic heterocycles. The number of Topliss-reactive ketones (excluding diaryl/α,β-unsaturated/α-hetero) is 1. The second-order valence-electron chi connectivity index (χ2n) is 7.48. The fourth-order valence-corrected chi connectivity index (χ4v) is 4.41. The van der Waals surface area contributed by atoms with Gasteiger partial charge in [-0.3, -0.25) is 14.2 Å². The third-order valence-corrected chi connectivity index (χ3v) is 6.45. The predicted octanol–water partition coefficient (Wildman–Crippen LogP) is 4.91. The Labute approximate surface area is 176 Å². The standard InChI is InChI=1S/C23H29N3O2S/c1-5-6-7-10-13-26-22(28)18-11-8-9-12-20(18)24-23(26)29-15-21(27)19-14-16(2)25(4)17(19)3/h8-9,11-12,14H,5-7,10,13,15H2,1-4H3. The normalized spacial score (nSPS) is 11.3. The number of thioether (sulfide) groups is 1. The number of ketones is 1. The number of carbonyl (C=O) groups is 1. The Bertz CT molecular complexity index is 1080. The molecule has 0 fully saturated rings. The van der Waals surface area contributed by atoms with Crippen LogP contribution in [0.15, 0.2) is 40.3 Å². The summed E-state index contributed by atoms with van der Waals surface area (Å²) in [4.78, 5) is 30.6. The first-order chi connectivity index (χ1) is 13.9. The molecule has 0 saturated heterocycles. The Morgan fingerprint density at radius 1 is 1.14 bits per heavy atom. The summed E-state index contributed by atoms with van der Waals surface area (Å²) in [5, 5.41) is 1.26. The van der Waals surface area contributed by atoms with Gasteiger partial charge in [-0.05, 0) is 38.5 Å². The van der Waals surface area contributed by atoms with Gasteiger partial charge in [-0.1, -0.05) is 50.1 Å². The molecule has 2 heterocycles. The quantitative estimate of drug-likeness (QED) is 0.217. The highest BCUT2D eigenvalue weighted by Crippen LogP contribution is 2.22. The SMILES string of the molecule is CCCCCCn1c(SCC(=O)c2cc(C)n(C)c2C)nc2ccccc2c1=O. The van der Waals surface area contributed by atoms with Crippen molar-refractivity contribution < 1.29 is 4.79 Å². The molecule has 3 rings (SSSR count). The van der Waals surface area contributed by atoms with Crippen molar-refractivity contribution in [2.75, 3.05) is 5.75 Å². The Balaban J connectivity index is 1.87. The molecule has 6 heteroatoms. The highest BCUT2D eigenvalue weighted by Gasteiger charge is 2.17. The van der Waals surface area contributed by atoms with Crippen LogP contribution in [0.2, 0.25) is 0 Å². The maximum absolute atomic E-state index is 13.1. The van der Waals surface area contributed by atoms with Crippen molar-refractivity contribution >= 4 is 28.4 Å². The average Bonchev–Trinajstić information content (AvgIpc) is 2.98. The monoisotopic (exact) mass is 411 g/mol. The first-order valence-corrected chi connectivity index (χ1v) is 11.2. The van der Waals surface area contributed by atoms with Gasteiger partial charge >= 0.3 is 0 Å². The van der Waals surface area contributed by atoms with E-state index in [-0.39, 0.29) is 17.1 Å². The summed E-state index contributed by atoms with van der Waals surface area (Å²) < 4.78 is 3.77. The van der Waals surface area contributed by atoms with Crippen molar-refractivity contribution in [2.45, 2.75) is 58.2 Å². The highest BCUT2D eigenvalue weighted by molar-refractivity contribution is 7.99. The molecule has 0 radical (unpaired) electrons. The van der Waals surface area contributed by atoms with Gasteiger partial charge in [0, 0.05) is 30.5 Å². The average molecular weight is 412 g/mol. The van der Waals surface area contributed by atoms with E-state index in [1.807, 2.05) is 55.8 Å². The van der Waals surface area contributed by atoms with E-state index in [4.69, 9.17) is 4.98 Å². The lowest BCUT2D eigenvalue weighted by Gasteiger charge is -2.13. The molecular weight excluding hydrogens is 382 g/mol. The lowest BCUT2D eigenvalue weighted by molar-refractivity contribution is 0.102. The van der Waals surface area contributed by atoms with Crippen LogP contribution in [-0.2, 0) is 13.6 Å². The van der Waals surface area contributed by atoms with Crippen molar-refractivity contribution in [3.05, 3.63) is 57.6 Å². The van der Waals surface area contributed by atoms with Crippen LogP contribution in [0.25, 0.3) is 10.9 Å². The number of rotatable bonds is 9. The van der Waals surface area contributed by atoms with Gasteiger partial charge in [-0.15, -0.1) is 0 Å². The number of unbranched alkanes of at least 4 members (excludes halogenated alkanes) is 3. The Morgan fingerprint density at radius 2 is 1.90 bits per heavy atom. The van der Waals surface area contributed by atoms with Crippen LogP contribution < -0.4 is 5.56 Å². The summed E-state index contributed by atoms with van der Waals surface area (Å²) in [6, 6.07) is 9.36. The van der Waals surface area contributed by atoms with E-state index < -0.39 is 0 Å². The summed E-state index contributed by atoms with van der Waals surface area (Å²) in [7, 11) is 1.97. The van der Waals surface area contributed by atoms with E-state index in [0.717, 1.165) is 42.6 Å². The molecule has 0 N–H and O–H groups in total. The number of hydrogen-bond donors (Lipinski definition) is 0. The number of aromatic nitrogens is 3. The number of aryl methyl sites for hydroxylation is 1. The van der Waals surface area contributed by atoms with Gasteiger partial charge in [0.25, 0.3) is 5.56 Å². The van der Waals surface area contributed by atoms with E-state index in [2.05, 4.69) is 6.92 Å². The summed E-state index contributed by atoms with van der Waals surface area (Å²) in [5.41, 5.74) is 3.44. The molecule has 0 spiro atoms. The van der Waals surface area contributed by atoms with Crippen LogP contribution in [0, 0.1) is 13.8 Å². The molecular formula is C23H29N3O2S. The van der Waals surface area contributed by atoms with Gasteiger partial charge in [-0.2, -0.15) is 0 Å². The molecule has 0 aliphatic heterocycles. The van der Waals surface area contributed by atoms with Crippen LogP contribution >= 0.6 is 11.8 Å². The molecule has 0 aliphatic rings. The minimum Gasteiger partial charge on any atom is -0.351 e. The number of nitrogens with zero attached hydrogens (tertiary/aromatic N) is 3. The van der Waals surface area contributed by atoms with Gasteiger partial charge in [0.05, 0.1) is 16.7 Å². The van der Waals surface area contributed by atoms with Gasteiger partial charge in [-0.25, -0.2) is 4.98 Å². The van der Waals surface area contributed by atoms with Gasteiger partial charge in [0.15, 0.2) is 10.9 Å². The third kappa shape index (κ3) is 4.64. The minimum absolute atomic E-state index is 0.0196. The van der Waals surface area contributed by atoms with Crippen molar-refractivity contribution in [1.82, 2.24) is 14.1 Å². The highest BCUT2D eigenvalue weighted by atomic mass is 32.2. The maximum atomic E-state index is 13.1. The number of carbonyl (C=O) groups excluding carboxylic acids is 1. The fraction of sp³-hybridized carbons (Fsp3) is 0.435. The molecule has 0 unspecified atom stereocenters. The van der Waals surface area contributed by atoms with Crippen LogP contribution in [0.5, 0.6) is 0 Å². The number of fused-ring (bicyclic) bond motifs is 1. The summed E-state index contributed by atoms with van der Waals surface area (Å²) in [5.74, 6) is 0.334. The van der Waals surface area contributed by atoms with Crippen molar-refractivity contribution in [2.24, 2.45) is 7.05 Å². The van der Waals surface area contributed by atoms with Crippen LogP contribution in [0.1, 0.15) is 54.4 Å². The Morgan fingerprint density at radius 3 is 2.59 bits per heavy atom. The van der Waals surface area contributed by atoms with Crippen LogP contribution in [0.4, 0.5) is 0 Å². The first-order valence-electron chi connectivity index (χ1n) is 10.2. The molecule has 29 heavy (non-hydrogen) atoms. The molecule has 0 aliphatic carbocycles. The largest absolute Gasteiger partial charge is 0.351 e. The Kier molecular flexibility index (Phi) is 6.96. The lowest BCUT2D eigenvalue weighted by Crippen LogP contribution is -2.24. The predicted molar refractivity (Wildman–Crippen MR) is 120 cm³/mol. The molecule has 154 valence electrons. The molecule has 1 aromatic carbocycles. The maximum Gasteiger partial charge on any atom is 0.262 e. The summed E-state index contributed by atoms with van der Waals surface area (Å²) in [6.07, 6.45) is 4.33. The van der Waals surface area contributed by atoms with E-state index in [1.165, 1.54) is 11.8 Å². The zero-order valence-electron chi connectivity index (χ0n) is 17.7. The van der Waals surface area contributed by atoms with E-state index >= 15 is 0 Å². The van der Waals surface area contributed by atoms with E-state index in [1.54, 1.807) is 4.57 Å². The van der Waals surface area contributed by atoms with Gasteiger partial charge in [0.2, 0.25) is 0 Å².